The van der Waals surface area contributed by atoms with Crippen molar-refractivity contribution in [1.82, 2.24) is 9.55 Å². The van der Waals surface area contributed by atoms with Crippen LogP contribution in [0.3, 0.4) is 0 Å². The number of nitrogens with zero attached hydrogens (tertiary/aromatic N) is 2. The molecular formula is C18H27N3O2. The van der Waals surface area contributed by atoms with E-state index < -0.39 is 5.60 Å². The number of rotatable bonds is 7. The van der Waals surface area contributed by atoms with E-state index in [1.165, 1.54) is 0 Å². The van der Waals surface area contributed by atoms with Crippen molar-refractivity contribution in [3.8, 4) is 11.3 Å². The second-order valence-electron chi connectivity index (χ2n) is 6.47. The summed E-state index contributed by atoms with van der Waals surface area (Å²) in [6.07, 6.45) is 3.33. The summed E-state index contributed by atoms with van der Waals surface area (Å²) in [4.78, 5) is 4.60. The molecule has 0 saturated heterocycles. The standard InChI is InChI=1S/C18H27N3O2/c1-4-21-12-16(20-17(21)18(2,3)23)14-7-5-13(6-8-14)11-15(19)9-10-22/h5-8,12,15,22-23H,4,9-11,19H2,1-3H3. The lowest BCUT2D eigenvalue weighted by Gasteiger charge is -2.17. The van der Waals surface area contributed by atoms with Gasteiger partial charge in [-0.05, 0) is 39.2 Å². The fourth-order valence-electron chi connectivity index (χ4n) is 2.67. The van der Waals surface area contributed by atoms with Crippen molar-refractivity contribution in [2.75, 3.05) is 6.61 Å². The summed E-state index contributed by atoms with van der Waals surface area (Å²) in [7, 11) is 0. The number of hydrogen-bond acceptors (Lipinski definition) is 4. The van der Waals surface area contributed by atoms with Gasteiger partial charge in [0.1, 0.15) is 11.4 Å². The van der Waals surface area contributed by atoms with Gasteiger partial charge < -0.3 is 20.5 Å². The van der Waals surface area contributed by atoms with Crippen LogP contribution in [0.4, 0.5) is 0 Å². The summed E-state index contributed by atoms with van der Waals surface area (Å²) in [5.41, 5.74) is 8.00. The molecule has 1 unspecified atom stereocenters. The molecule has 0 aliphatic rings. The Bertz CT molecular complexity index is 627. The molecule has 1 atom stereocenters. The fraction of sp³-hybridized carbons (Fsp3) is 0.500. The first-order chi connectivity index (χ1) is 10.8. The lowest BCUT2D eigenvalue weighted by atomic mass is 10.0. The maximum atomic E-state index is 10.2. The molecule has 2 rings (SSSR count). The van der Waals surface area contributed by atoms with Gasteiger partial charge in [-0.3, -0.25) is 0 Å². The van der Waals surface area contributed by atoms with Crippen LogP contribution in [0.25, 0.3) is 11.3 Å². The minimum absolute atomic E-state index is 0.0214. The van der Waals surface area contributed by atoms with Gasteiger partial charge in [-0.25, -0.2) is 4.98 Å². The van der Waals surface area contributed by atoms with Crippen LogP contribution in [0, 0.1) is 0 Å². The average Bonchev–Trinajstić information content (AvgIpc) is 2.92. The summed E-state index contributed by atoms with van der Waals surface area (Å²) in [5.74, 6) is 0.670. The van der Waals surface area contributed by atoms with Crippen LogP contribution in [-0.2, 0) is 18.6 Å². The van der Waals surface area contributed by atoms with Crippen molar-refractivity contribution in [1.29, 1.82) is 0 Å². The monoisotopic (exact) mass is 317 g/mol. The molecule has 0 spiro atoms. The fourth-order valence-corrected chi connectivity index (χ4v) is 2.67. The summed E-state index contributed by atoms with van der Waals surface area (Å²) in [6, 6.07) is 8.12. The van der Waals surface area contributed by atoms with Crippen molar-refractivity contribution < 1.29 is 10.2 Å². The van der Waals surface area contributed by atoms with Gasteiger partial charge >= 0.3 is 0 Å². The molecule has 1 aromatic carbocycles. The van der Waals surface area contributed by atoms with Gasteiger partial charge in [0, 0.05) is 31.0 Å². The van der Waals surface area contributed by atoms with E-state index in [1.54, 1.807) is 13.8 Å². The second kappa shape index (κ2) is 7.25. The first-order valence-corrected chi connectivity index (χ1v) is 8.11. The number of aliphatic hydroxyl groups is 2. The zero-order chi connectivity index (χ0) is 17.0. The molecular weight excluding hydrogens is 290 g/mol. The maximum absolute atomic E-state index is 10.2. The Morgan fingerprint density at radius 2 is 1.91 bits per heavy atom. The molecule has 126 valence electrons. The molecule has 0 aliphatic carbocycles. The van der Waals surface area contributed by atoms with E-state index >= 15 is 0 Å². The van der Waals surface area contributed by atoms with Crippen LogP contribution in [-0.4, -0.2) is 32.4 Å². The Balaban J connectivity index is 2.21. The Kier molecular flexibility index (Phi) is 5.57. The highest BCUT2D eigenvalue weighted by atomic mass is 16.3. The van der Waals surface area contributed by atoms with Crippen molar-refractivity contribution in [2.45, 2.75) is 51.8 Å². The van der Waals surface area contributed by atoms with Gasteiger partial charge in [-0.2, -0.15) is 0 Å². The molecule has 23 heavy (non-hydrogen) atoms. The van der Waals surface area contributed by atoms with Crippen LogP contribution < -0.4 is 5.73 Å². The quantitative estimate of drug-likeness (QED) is 0.730. The van der Waals surface area contributed by atoms with E-state index in [-0.39, 0.29) is 12.6 Å². The number of aliphatic hydroxyl groups excluding tert-OH is 1. The van der Waals surface area contributed by atoms with Gasteiger partial charge in [0.25, 0.3) is 0 Å². The predicted molar refractivity (Wildman–Crippen MR) is 92.0 cm³/mol. The Morgan fingerprint density at radius 1 is 1.26 bits per heavy atom. The molecule has 4 N–H and O–H groups in total. The summed E-state index contributed by atoms with van der Waals surface area (Å²) in [5, 5.41) is 19.2. The van der Waals surface area contributed by atoms with Gasteiger partial charge in [0.15, 0.2) is 0 Å². The van der Waals surface area contributed by atoms with Crippen LogP contribution in [0.1, 0.15) is 38.6 Å². The van der Waals surface area contributed by atoms with E-state index in [0.717, 1.165) is 29.8 Å². The lowest BCUT2D eigenvalue weighted by Crippen LogP contribution is -2.23. The summed E-state index contributed by atoms with van der Waals surface area (Å²) in [6.45, 7) is 6.41. The molecule has 1 heterocycles. The zero-order valence-corrected chi connectivity index (χ0v) is 14.2. The highest BCUT2D eigenvalue weighted by Crippen LogP contribution is 2.25. The third-order valence-corrected chi connectivity index (χ3v) is 3.91. The predicted octanol–water partition coefficient (Wildman–Crippen LogP) is 2.05. The van der Waals surface area contributed by atoms with Crippen LogP contribution >= 0.6 is 0 Å². The van der Waals surface area contributed by atoms with Gasteiger partial charge in [-0.15, -0.1) is 0 Å². The first kappa shape index (κ1) is 17.7. The number of aromatic nitrogens is 2. The Labute approximate surface area is 137 Å². The normalized spacial score (nSPS) is 13.3. The number of nitrogens with two attached hydrogens (primary N) is 1. The van der Waals surface area contributed by atoms with Gasteiger partial charge in [-0.1, -0.05) is 24.3 Å². The van der Waals surface area contributed by atoms with Crippen molar-refractivity contribution in [3.63, 3.8) is 0 Å². The molecule has 0 radical (unpaired) electrons. The number of imidazole rings is 1. The van der Waals surface area contributed by atoms with Crippen molar-refractivity contribution in [2.24, 2.45) is 5.73 Å². The van der Waals surface area contributed by atoms with E-state index in [1.807, 2.05) is 42.0 Å². The highest BCUT2D eigenvalue weighted by molar-refractivity contribution is 5.59. The summed E-state index contributed by atoms with van der Waals surface area (Å²) >= 11 is 0. The van der Waals surface area contributed by atoms with E-state index in [9.17, 15) is 5.11 Å². The smallest absolute Gasteiger partial charge is 0.140 e. The maximum Gasteiger partial charge on any atom is 0.140 e. The zero-order valence-electron chi connectivity index (χ0n) is 14.2. The minimum atomic E-state index is -0.967. The van der Waals surface area contributed by atoms with E-state index in [0.29, 0.717) is 12.2 Å². The largest absolute Gasteiger partial charge is 0.396 e. The molecule has 1 aromatic heterocycles. The lowest BCUT2D eigenvalue weighted by molar-refractivity contribution is 0.0650. The molecule has 5 nitrogen and oxygen atoms in total. The second-order valence-corrected chi connectivity index (χ2v) is 6.47. The average molecular weight is 317 g/mol. The molecule has 2 aromatic rings. The van der Waals surface area contributed by atoms with E-state index in [4.69, 9.17) is 10.8 Å². The van der Waals surface area contributed by atoms with Crippen molar-refractivity contribution >= 4 is 0 Å². The molecule has 0 bridgehead atoms. The highest BCUT2D eigenvalue weighted by Gasteiger charge is 2.23. The molecule has 0 aliphatic heterocycles. The first-order valence-electron chi connectivity index (χ1n) is 8.11. The number of hydrogen-bond donors (Lipinski definition) is 3. The van der Waals surface area contributed by atoms with Crippen molar-refractivity contribution in [3.05, 3.63) is 41.9 Å². The third-order valence-electron chi connectivity index (χ3n) is 3.91. The molecule has 0 amide bonds. The van der Waals surface area contributed by atoms with Gasteiger partial charge in [0.05, 0.1) is 5.69 Å². The topological polar surface area (TPSA) is 84.3 Å². The van der Waals surface area contributed by atoms with Crippen LogP contribution in [0.15, 0.2) is 30.5 Å². The number of aryl methyl sites for hydroxylation is 1. The third kappa shape index (κ3) is 4.41. The van der Waals surface area contributed by atoms with Crippen LogP contribution in [0.2, 0.25) is 0 Å². The summed E-state index contributed by atoms with van der Waals surface area (Å²) < 4.78 is 1.97. The Hall–Kier alpha value is -1.69. The minimum Gasteiger partial charge on any atom is -0.396 e. The number of benzene rings is 1. The van der Waals surface area contributed by atoms with E-state index in [2.05, 4.69) is 4.98 Å². The molecule has 0 saturated carbocycles. The molecule has 0 fully saturated rings. The SMILES string of the molecule is CCn1cc(-c2ccc(CC(N)CCO)cc2)nc1C(C)(C)O. The molecule has 5 heteroatoms. The Morgan fingerprint density at radius 3 is 2.39 bits per heavy atom. The van der Waals surface area contributed by atoms with Crippen LogP contribution in [0.5, 0.6) is 0 Å². The van der Waals surface area contributed by atoms with Gasteiger partial charge in [0.2, 0.25) is 0 Å².